The van der Waals surface area contributed by atoms with Crippen LogP contribution in [0.3, 0.4) is 0 Å². The average molecular weight is 990 g/mol. The summed E-state index contributed by atoms with van der Waals surface area (Å²) >= 11 is 0. The molecule has 3 aliphatic heterocycles. The fourth-order valence-electron chi connectivity index (χ4n) is 8.04. The highest BCUT2D eigenvalue weighted by molar-refractivity contribution is 6.24. The van der Waals surface area contributed by atoms with Gasteiger partial charge in [-0.05, 0) is 68.1 Å². The zero-order valence-electron chi connectivity index (χ0n) is 39.0. The second-order valence-electron chi connectivity index (χ2n) is 16.5. The minimum absolute atomic E-state index is 0.0446. The first kappa shape index (κ1) is 52.0. The van der Waals surface area contributed by atoms with Crippen LogP contribution in [0.2, 0.25) is 0 Å². The number of carbonyl (C=O) groups excluding carboxylic acids is 6. The summed E-state index contributed by atoms with van der Waals surface area (Å²) in [5, 5.41) is 7.56. The number of morpholine rings is 1. The van der Waals surface area contributed by atoms with Gasteiger partial charge >= 0.3 is 6.18 Å². The predicted molar refractivity (Wildman–Crippen MR) is 248 cm³/mol. The zero-order chi connectivity index (χ0) is 50.3. The molecule has 3 N–H and O–H groups in total. The Bertz CT molecular complexity index is 2570. The molecule has 19 nitrogen and oxygen atoms in total. The molecule has 2 aromatic heterocycles. The lowest BCUT2D eigenvalue weighted by molar-refractivity contribution is -0.138. The van der Waals surface area contributed by atoms with Gasteiger partial charge in [0.15, 0.2) is 0 Å². The number of aryl methyl sites for hydroxylation is 2. The number of carbonyl (C=O) groups is 6. The first-order valence-electron chi connectivity index (χ1n) is 23.1. The lowest BCUT2D eigenvalue weighted by Crippen LogP contribution is -2.54. The van der Waals surface area contributed by atoms with Crippen molar-refractivity contribution in [2.45, 2.75) is 44.8 Å². The van der Waals surface area contributed by atoms with Gasteiger partial charge in [0, 0.05) is 61.2 Å². The number of halogens is 3. The van der Waals surface area contributed by atoms with E-state index in [1.165, 1.54) is 18.3 Å². The molecule has 2 saturated heterocycles. The summed E-state index contributed by atoms with van der Waals surface area (Å²) in [4.78, 5) is 87.5. The highest BCUT2D eigenvalue weighted by Gasteiger charge is 2.45. The van der Waals surface area contributed by atoms with Crippen LogP contribution in [0.25, 0.3) is 11.1 Å². The van der Waals surface area contributed by atoms with Gasteiger partial charge in [-0.25, -0.2) is 4.98 Å². The number of pyridine rings is 2. The van der Waals surface area contributed by atoms with E-state index in [-0.39, 0.29) is 94.8 Å². The van der Waals surface area contributed by atoms with Crippen LogP contribution < -0.4 is 25.6 Å². The maximum atomic E-state index is 13.3. The molecule has 2 fully saturated rings. The number of hydrogen-bond donors (Lipinski definition) is 3. The van der Waals surface area contributed by atoms with Crippen LogP contribution >= 0.6 is 0 Å². The van der Waals surface area contributed by atoms with Crippen molar-refractivity contribution in [1.29, 1.82) is 0 Å². The first-order valence-corrected chi connectivity index (χ1v) is 23.1. The van der Waals surface area contributed by atoms with E-state index < -0.39 is 47.3 Å². The average Bonchev–Trinajstić information content (AvgIpc) is 3.62. The summed E-state index contributed by atoms with van der Waals surface area (Å²) in [7, 11) is 0. The van der Waals surface area contributed by atoms with Crippen molar-refractivity contribution in [3.63, 3.8) is 0 Å². The lowest BCUT2D eigenvalue weighted by Gasteiger charge is -2.30. The van der Waals surface area contributed by atoms with E-state index in [1.54, 1.807) is 37.4 Å². The number of amides is 6. The fraction of sp³-hybridized carbons (Fsp3) is 0.429. The first-order chi connectivity index (χ1) is 34.3. The topological polar surface area (TPSA) is 226 Å². The van der Waals surface area contributed by atoms with E-state index in [2.05, 4.69) is 30.8 Å². The van der Waals surface area contributed by atoms with Crippen molar-refractivity contribution in [3.8, 4) is 17.0 Å². The van der Waals surface area contributed by atoms with E-state index in [9.17, 15) is 41.9 Å². The second kappa shape index (κ2) is 24.8. The number of piperidine rings is 1. The summed E-state index contributed by atoms with van der Waals surface area (Å²) in [5.74, 6) is -2.84. The second-order valence-corrected chi connectivity index (χ2v) is 16.5. The molecule has 6 amide bonds. The van der Waals surface area contributed by atoms with E-state index in [0.717, 1.165) is 22.7 Å². The highest BCUT2D eigenvalue weighted by atomic mass is 19.4. The summed E-state index contributed by atoms with van der Waals surface area (Å²) in [6, 6.07) is 11.8. The molecule has 7 rings (SSSR count). The molecular formula is C49H54F3N7O12. The Morgan fingerprint density at radius 3 is 2.32 bits per heavy atom. The van der Waals surface area contributed by atoms with Gasteiger partial charge in [-0.15, -0.1) is 0 Å². The molecule has 0 bridgehead atoms. The van der Waals surface area contributed by atoms with Crippen molar-refractivity contribution in [3.05, 3.63) is 101 Å². The van der Waals surface area contributed by atoms with Crippen molar-refractivity contribution < 1.29 is 70.4 Å². The number of ether oxygens (including phenoxy) is 6. The maximum absolute atomic E-state index is 13.3. The number of imide groups is 2. The van der Waals surface area contributed by atoms with Crippen LogP contribution in [0.4, 0.5) is 24.5 Å². The monoisotopic (exact) mass is 989 g/mol. The zero-order valence-corrected chi connectivity index (χ0v) is 39.0. The SMILES string of the molecule is Cc1ncc(NC(=O)c2cccc(C(F)(F)F)c2)cc1-c1cnc(OCCOCCOCCOCC(=O)NCCOCCCc2cccc3c2C(=O)N(C2CCC(=O)NC2=O)C3=O)c(N2CCOCC2)c1. The standard InChI is InChI=1S/C49H54F3N7O12/c1-31-38(27-36(29-54-31)56-44(62)33-6-2-8-35(25-33)49(50,51)52)34-26-40(58-13-17-67-18-14-58)46(55-28-34)71-24-23-69-20-19-68-21-22-70-30-42(61)53-12-16-66-15-4-7-32-5-3-9-37-43(32)48(65)59(47(37)64)39-10-11-41(60)57-45(39)63/h2-3,5-6,8-9,25-29,39H,4,7,10-24,30H2,1H3,(H,53,61)(H,56,62)(H,57,60,63). The molecule has 2 aromatic carbocycles. The summed E-state index contributed by atoms with van der Waals surface area (Å²) in [6.45, 7) is 6.15. The van der Waals surface area contributed by atoms with E-state index in [1.807, 2.05) is 6.07 Å². The van der Waals surface area contributed by atoms with Gasteiger partial charge in [0.25, 0.3) is 17.7 Å². The Kier molecular flexibility index (Phi) is 18.2. The third-order valence-electron chi connectivity index (χ3n) is 11.6. The van der Waals surface area contributed by atoms with E-state index >= 15 is 0 Å². The Morgan fingerprint density at radius 1 is 0.831 bits per heavy atom. The van der Waals surface area contributed by atoms with E-state index in [0.29, 0.717) is 79.7 Å². The van der Waals surface area contributed by atoms with Crippen molar-refractivity contribution in [2.24, 2.45) is 0 Å². The Labute approximate surface area is 406 Å². The third-order valence-corrected chi connectivity index (χ3v) is 11.6. The third kappa shape index (κ3) is 13.9. The Balaban J connectivity index is 0.747. The maximum Gasteiger partial charge on any atom is 0.416 e. The van der Waals surface area contributed by atoms with Gasteiger partial charge in [-0.2, -0.15) is 13.2 Å². The minimum Gasteiger partial charge on any atom is -0.474 e. The summed E-state index contributed by atoms with van der Waals surface area (Å²) in [5.41, 5.74) is 3.09. The van der Waals surface area contributed by atoms with E-state index in [4.69, 9.17) is 28.4 Å². The van der Waals surface area contributed by atoms with Gasteiger partial charge in [0.1, 0.15) is 24.9 Å². The molecule has 1 atom stereocenters. The quantitative estimate of drug-likeness (QED) is 0.0662. The smallest absolute Gasteiger partial charge is 0.416 e. The molecule has 71 heavy (non-hydrogen) atoms. The van der Waals surface area contributed by atoms with Crippen molar-refractivity contribution in [2.75, 3.05) is 103 Å². The molecule has 22 heteroatoms. The van der Waals surface area contributed by atoms with Gasteiger partial charge in [0.2, 0.25) is 23.6 Å². The van der Waals surface area contributed by atoms with Gasteiger partial charge in [-0.3, -0.25) is 44.0 Å². The molecule has 1 unspecified atom stereocenters. The fourth-order valence-corrected chi connectivity index (χ4v) is 8.04. The summed E-state index contributed by atoms with van der Waals surface area (Å²) < 4.78 is 73.6. The largest absolute Gasteiger partial charge is 0.474 e. The van der Waals surface area contributed by atoms with Crippen LogP contribution in [-0.2, 0) is 50.7 Å². The number of alkyl halides is 3. The number of benzene rings is 2. The molecule has 0 aliphatic carbocycles. The Hall–Kier alpha value is -6.85. The van der Waals surface area contributed by atoms with Crippen molar-refractivity contribution >= 4 is 46.8 Å². The number of hydrogen-bond acceptors (Lipinski definition) is 15. The van der Waals surface area contributed by atoms with Crippen LogP contribution in [-0.4, -0.2) is 149 Å². The molecule has 0 radical (unpaired) electrons. The van der Waals surface area contributed by atoms with Gasteiger partial charge in [-0.1, -0.05) is 18.2 Å². The van der Waals surface area contributed by atoms with Gasteiger partial charge in [0.05, 0.1) is 81.4 Å². The molecule has 0 saturated carbocycles. The Morgan fingerprint density at radius 2 is 1.56 bits per heavy atom. The van der Waals surface area contributed by atoms with Crippen LogP contribution in [0, 0.1) is 6.92 Å². The molecule has 0 spiro atoms. The molecule has 378 valence electrons. The number of nitrogens with zero attached hydrogens (tertiary/aromatic N) is 4. The number of anilines is 2. The number of aromatic nitrogens is 2. The molecule has 4 aromatic rings. The molecule has 3 aliphatic rings. The minimum atomic E-state index is -4.59. The van der Waals surface area contributed by atoms with Crippen molar-refractivity contribution in [1.82, 2.24) is 25.5 Å². The lowest BCUT2D eigenvalue weighted by atomic mass is 9.99. The number of nitrogens with one attached hydrogen (secondary N) is 3. The van der Waals surface area contributed by atoms with Gasteiger partial charge < -0.3 is 44.0 Å². The summed E-state index contributed by atoms with van der Waals surface area (Å²) in [6.07, 6.45) is -0.410. The molecule has 5 heterocycles. The molecular weight excluding hydrogens is 936 g/mol. The van der Waals surface area contributed by atoms with Crippen LogP contribution in [0.15, 0.2) is 67.0 Å². The number of rotatable bonds is 24. The predicted octanol–water partition coefficient (Wildman–Crippen LogP) is 4.16. The van der Waals surface area contributed by atoms with Crippen LogP contribution in [0.5, 0.6) is 5.88 Å². The number of fused-ring (bicyclic) bond motifs is 1. The normalized spacial score (nSPS) is 16.0. The van der Waals surface area contributed by atoms with Crippen LogP contribution in [0.1, 0.15) is 67.2 Å². The highest BCUT2D eigenvalue weighted by Crippen LogP contribution is 2.35.